The highest BCUT2D eigenvalue weighted by Crippen LogP contribution is 2.46. The van der Waals surface area contributed by atoms with E-state index in [0.717, 1.165) is 114 Å². The molecule has 0 saturated carbocycles. The summed E-state index contributed by atoms with van der Waals surface area (Å²) in [5, 5.41) is 87.4. The molecule has 7 N–H and O–H groups in total. The quantitative estimate of drug-likeness (QED) is 0.0372. The zero-order valence-electron chi connectivity index (χ0n) is 54.2. The Bertz CT molecular complexity index is 5600. The van der Waals surface area contributed by atoms with Crippen LogP contribution in [0.15, 0.2) is 231 Å². The lowest BCUT2D eigenvalue weighted by molar-refractivity contribution is 0.305. The smallest absolute Gasteiger partial charge is 0.217 e. The van der Waals surface area contributed by atoms with Gasteiger partial charge in [0.2, 0.25) is 17.6 Å². The molecule has 16 rings (SSSR count). The summed E-state index contributed by atoms with van der Waals surface area (Å²) in [6.45, 7) is 7.54. The lowest BCUT2D eigenvalue weighted by Crippen LogP contribution is -2.02. The summed E-state index contributed by atoms with van der Waals surface area (Å²) >= 11 is 0. The van der Waals surface area contributed by atoms with Gasteiger partial charge < -0.3 is 50.0 Å². The molecular weight excluding hydrogens is 1240 g/mol. The predicted molar refractivity (Wildman–Crippen MR) is 391 cm³/mol. The first kappa shape index (κ1) is 63.6. The van der Waals surface area contributed by atoms with Gasteiger partial charge >= 0.3 is 0 Å². The fraction of sp³-hybridized carbons (Fsp3) is 0.108. The van der Waals surface area contributed by atoms with Gasteiger partial charge in [-0.1, -0.05) is 185 Å². The lowest BCUT2D eigenvalue weighted by atomic mass is 9.91. The van der Waals surface area contributed by atoms with Gasteiger partial charge in [0.1, 0.15) is 51.4 Å². The number of benzene rings is 13. The van der Waals surface area contributed by atoms with E-state index in [0.29, 0.717) is 60.2 Å². The maximum absolute atomic E-state index is 10.5. The number of hydrogen-bond donors (Lipinski definition) is 7. The fourth-order valence-electron chi connectivity index (χ4n) is 12.7. The molecule has 99 heavy (non-hydrogen) atoms. The van der Waals surface area contributed by atoms with Crippen LogP contribution in [0.3, 0.4) is 0 Å². The van der Waals surface area contributed by atoms with Crippen LogP contribution in [0.5, 0.6) is 57.9 Å². The van der Waals surface area contributed by atoms with Crippen molar-refractivity contribution in [1.82, 2.24) is 29.9 Å². The van der Waals surface area contributed by atoms with Crippen LogP contribution < -0.4 is 14.2 Å². The van der Waals surface area contributed by atoms with E-state index < -0.39 is 0 Å². The van der Waals surface area contributed by atoms with Gasteiger partial charge in [-0.3, -0.25) is 0 Å². The van der Waals surface area contributed by atoms with Crippen molar-refractivity contribution >= 4 is 75.4 Å². The standard InChI is InChI=1S/C29H22N2O2.2C27H22N2O4/c1-2-16-33-26-17-24(30-29(31-26)23-8-3-4-9-25(23)32)21-14-12-20-11-10-18-6-5-7-19-13-15-22(21)28(20)27(18)19;1-2-11-33-24-15-21(28-27(29-24)26-22(31)13-18(30)14-23(26)32)25-19-9-5-3-7-16(19)12-17-8-4-6-10-20(17)25;1-2-11-33-25-15-22(28-27(29-25)26-23(31)13-17(30)14-24(26)32)21-12-16-7-3-4-8-18(16)19-9-5-6-10-20(19)21/h3-15,17,32H,2,16H2,1H3;2*3-10,12-15,30-32H,2,11H2,1H3. The molecule has 0 aliphatic carbocycles. The molecule has 3 heterocycles. The minimum atomic E-state index is -0.325. The highest BCUT2D eigenvalue weighted by atomic mass is 16.5. The summed E-state index contributed by atoms with van der Waals surface area (Å²) in [5.41, 5.74) is 5.41. The molecule has 16 heteroatoms. The first-order valence-corrected chi connectivity index (χ1v) is 32.7. The average Bonchev–Trinajstić information content (AvgIpc) is 0.751. The number of rotatable bonds is 15. The minimum absolute atomic E-state index is 0.0283. The molecule has 0 spiro atoms. The van der Waals surface area contributed by atoms with E-state index >= 15 is 0 Å². The van der Waals surface area contributed by atoms with Crippen molar-refractivity contribution in [3.05, 3.63) is 231 Å². The Morgan fingerprint density at radius 1 is 0.263 bits per heavy atom. The first-order valence-electron chi connectivity index (χ1n) is 32.7. The number of nitrogens with zero attached hydrogens (tertiary/aromatic N) is 6. The van der Waals surface area contributed by atoms with Crippen molar-refractivity contribution in [3.8, 4) is 126 Å². The zero-order valence-corrected chi connectivity index (χ0v) is 54.2. The normalized spacial score (nSPS) is 11.3. The third-order valence-corrected chi connectivity index (χ3v) is 17.1. The molecule has 0 atom stereocenters. The molecular formula is C83H66N6O10. The van der Waals surface area contributed by atoms with Crippen molar-refractivity contribution in [1.29, 1.82) is 0 Å². The first-order chi connectivity index (χ1) is 48.3. The van der Waals surface area contributed by atoms with Gasteiger partial charge in [-0.2, -0.15) is 15.0 Å². The summed E-state index contributed by atoms with van der Waals surface area (Å²) in [6.07, 6.45) is 2.47. The highest BCUT2D eigenvalue weighted by Gasteiger charge is 2.23. The summed E-state index contributed by atoms with van der Waals surface area (Å²) < 4.78 is 17.6. The highest BCUT2D eigenvalue weighted by molar-refractivity contribution is 6.25. The summed E-state index contributed by atoms with van der Waals surface area (Å²) in [6, 6.07) is 73.2. The third-order valence-electron chi connectivity index (χ3n) is 17.1. The summed E-state index contributed by atoms with van der Waals surface area (Å²) in [4.78, 5) is 27.8. The van der Waals surface area contributed by atoms with E-state index in [1.54, 1.807) is 24.3 Å². The Balaban J connectivity index is 0.000000127. The average molecular weight is 1310 g/mol. The van der Waals surface area contributed by atoms with Crippen LogP contribution in [0.2, 0.25) is 0 Å². The summed E-state index contributed by atoms with van der Waals surface area (Å²) in [7, 11) is 0. The number of aromatic nitrogens is 6. The second kappa shape index (κ2) is 27.5. The van der Waals surface area contributed by atoms with Crippen LogP contribution in [-0.4, -0.2) is 85.5 Å². The van der Waals surface area contributed by atoms with Crippen LogP contribution in [-0.2, 0) is 0 Å². The third kappa shape index (κ3) is 12.7. The molecule has 0 unspecified atom stereocenters. The van der Waals surface area contributed by atoms with Gasteiger partial charge in [0.25, 0.3) is 0 Å². The van der Waals surface area contributed by atoms with Gasteiger partial charge in [-0.05, 0) is 119 Å². The lowest BCUT2D eigenvalue weighted by Gasteiger charge is -2.15. The number of hydrogen-bond acceptors (Lipinski definition) is 16. The monoisotopic (exact) mass is 1310 g/mol. The Hall–Kier alpha value is -12.8. The van der Waals surface area contributed by atoms with Crippen molar-refractivity contribution in [2.75, 3.05) is 19.8 Å². The Kier molecular flexibility index (Phi) is 17.7. The van der Waals surface area contributed by atoms with E-state index in [2.05, 4.69) is 119 Å². The van der Waals surface area contributed by atoms with Crippen molar-refractivity contribution in [2.24, 2.45) is 0 Å². The van der Waals surface area contributed by atoms with Crippen LogP contribution in [0.4, 0.5) is 0 Å². The molecule has 0 bridgehead atoms. The molecule has 0 aliphatic heterocycles. The molecule has 0 radical (unpaired) electrons. The van der Waals surface area contributed by atoms with Gasteiger partial charge in [-0.15, -0.1) is 0 Å². The Morgan fingerprint density at radius 3 is 1.21 bits per heavy atom. The van der Waals surface area contributed by atoms with Crippen LogP contribution in [0.25, 0.3) is 143 Å². The Labute approximate surface area is 568 Å². The van der Waals surface area contributed by atoms with Gasteiger partial charge in [0.05, 0.1) is 42.5 Å². The molecule has 13 aromatic carbocycles. The van der Waals surface area contributed by atoms with Crippen LogP contribution >= 0.6 is 0 Å². The molecule has 488 valence electrons. The number of phenols is 7. The van der Waals surface area contributed by atoms with Gasteiger partial charge in [-0.25, -0.2) is 15.0 Å². The van der Waals surface area contributed by atoms with E-state index in [-0.39, 0.29) is 63.0 Å². The SMILES string of the molecule is CCCOc1cc(-c2c3ccccc3cc3ccccc23)nc(-c2c(O)cc(O)cc2O)n1.CCCOc1cc(-c2cc3ccccc3c3ccccc23)nc(-c2c(O)cc(O)cc2O)n1.CCCOc1cc(-c2ccc3ccc4cccc5ccc2c3c45)nc(-c2ccccc2O)n1. The fourth-order valence-corrected chi connectivity index (χ4v) is 12.7. The molecule has 0 saturated heterocycles. The molecule has 3 aromatic heterocycles. The maximum atomic E-state index is 10.5. The molecule has 16 aromatic rings. The van der Waals surface area contributed by atoms with E-state index in [1.807, 2.05) is 98.8 Å². The minimum Gasteiger partial charge on any atom is -0.508 e. The molecule has 16 nitrogen and oxygen atoms in total. The number of phenolic OH excluding ortho intramolecular Hbond substituents is 7. The number of ether oxygens (including phenoxy) is 3. The summed E-state index contributed by atoms with van der Waals surface area (Å²) in [5.74, 6) is 0.157. The predicted octanol–water partition coefficient (Wildman–Crippen LogP) is 19.2. The maximum Gasteiger partial charge on any atom is 0.217 e. The van der Waals surface area contributed by atoms with E-state index in [1.165, 1.54) is 26.9 Å². The van der Waals surface area contributed by atoms with Crippen LogP contribution in [0, 0.1) is 0 Å². The Morgan fingerprint density at radius 2 is 0.667 bits per heavy atom. The largest absolute Gasteiger partial charge is 0.508 e. The number of fused-ring (bicyclic) bond motifs is 5. The van der Waals surface area contributed by atoms with Gasteiger partial charge in [0, 0.05) is 59.2 Å². The second-order valence-corrected chi connectivity index (χ2v) is 23.9. The molecule has 0 amide bonds. The topological polar surface area (TPSA) is 247 Å². The zero-order chi connectivity index (χ0) is 68.3. The number of para-hydroxylation sites is 1. The number of aromatic hydroxyl groups is 7. The molecule has 0 aliphatic rings. The van der Waals surface area contributed by atoms with Crippen molar-refractivity contribution < 1.29 is 50.0 Å². The van der Waals surface area contributed by atoms with Crippen molar-refractivity contribution in [3.63, 3.8) is 0 Å². The van der Waals surface area contributed by atoms with E-state index in [4.69, 9.17) is 29.2 Å². The van der Waals surface area contributed by atoms with Gasteiger partial charge in [0.15, 0.2) is 17.5 Å². The van der Waals surface area contributed by atoms with E-state index in [9.17, 15) is 35.7 Å². The second-order valence-electron chi connectivity index (χ2n) is 23.9. The van der Waals surface area contributed by atoms with Crippen molar-refractivity contribution in [2.45, 2.75) is 40.0 Å². The van der Waals surface area contributed by atoms with Crippen LogP contribution in [0.1, 0.15) is 40.0 Å². The molecule has 0 fully saturated rings.